The van der Waals surface area contributed by atoms with Crippen LogP contribution in [-0.4, -0.2) is 24.0 Å². The number of nitrogens with zero attached hydrogens (tertiary/aromatic N) is 1. The highest BCUT2D eigenvalue weighted by atomic mass is 19.1. The number of ether oxygens (including phenoxy) is 1. The molecule has 1 aliphatic carbocycles. The van der Waals surface area contributed by atoms with Crippen molar-refractivity contribution in [2.45, 2.75) is 31.7 Å². The van der Waals surface area contributed by atoms with E-state index in [1.165, 1.54) is 19.4 Å². The van der Waals surface area contributed by atoms with E-state index in [4.69, 9.17) is 10.5 Å². The number of amides is 1. The fraction of sp³-hybridized carbons (Fsp3) is 0.412. The molecule has 0 atom stereocenters. The second-order valence-corrected chi connectivity index (χ2v) is 5.96. The van der Waals surface area contributed by atoms with E-state index in [0.717, 1.165) is 25.7 Å². The summed E-state index contributed by atoms with van der Waals surface area (Å²) in [5, 5.41) is 3.44. The maximum Gasteiger partial charge on any atom is 0.227 e. The number of nitrogens with two attached hydrogens (primary N) is 1. The van der Waals surface area contributed by atoms with Crippen molar-refractivity contribution in [2.75, 3.05) is 12.4 Å². The third-order valence-electron chi connectivity index (χ3n) is 4.41. The van der Waals surface area contributed by atoms with Crippen molar-refractivity contribution in [1.82, 2.24) is 4.98 Å². The molecule has 0 unspecified atom stereocenters. The van der Waals surface area contributed by atoms with Crippen LogP contribution < -0.4 is 15.8 Å². The molecule has 0 spiro atoms. The van der Waals surface area contributed by atoms with Crippen LogP contribution in [0.2, 0.25) is 0 Å². The lowest BCUT2D eigenvalue weighted by Gasteiger charge is -2.25. The highest BCUT2D eigenvalue weighted by molar-refractivity contribution is 6.02. The van der Waals surface area contributed by atoms with Crippen LogP contribution in [0.1, 0.15) is 25.7 Å². The van der Waals surface area contributed by atoms with Gasteiger partial charge in [0.2, 0.25) is 5.91 Å². The first-order valence-electron chi connectivity index (χ1n) is 7.77. The van der Waals surface area contributed by atoms with E-state index < -0.39 is 5.82 Å². The van der Waals surface area contributed by atoms with Gasteiger partial charge in [0, 0.05) is 29.6 Å². The van der Waals surface area contributed by atoms with Crippen molar-refractivity contribution in [3.63, 3.8) is 0 Å². The maximum absolute atomic E-state index is 14.1. The van der Waals surface area contributed by atoms with Crippen molar-refractivity contribution < 1.29 is 13.9 Å². The van der Waals surface area contributed by atoms with E-state index in [1.807, 2.05) is 0 Å². The van der Waals surface area contributed by atoms with E-state index in [9.17, 15) is 9.18 Å². The van der Waals surface area contributed by atoms with Crippen molar-refractivity contribution >= 4 is 22.5 Å². The van der Waals surface area contributed by atoms with Gasteiger partial charge < -0.3 is 15.8 Å². The average molecular weight is 317 g/mol. The number of carbonyl (C=O) groups is 1. The molecule has 0 bridgehead atoms. The fourth-order valence-electron chi connectivity index (χ4n) is 3.03. The first kappa shape index (κ1) is 15.7. The summed E-state index contributed by atoms with van der Waals surface area (Å²) in [6.07, 6.45) is 4.78. The minimum Gasteiger partial charge on any atom is -0.497 e. The summed E-state index contributed by atoms with van der Waals surface area (Å²) in [6, 6.07) is 4.83. The predicted octanol–water partition coefficient (Wildman–Crippen LogP) is 2.84. The summed E-state index contributed by atoms with van der Waals surface area (Å²) in [5.41, 5.74) is 6.64. The van der Waals surface area contributed by atoms with Gasteiger partial charge in [-0.3, -0.25) is 9.78 Å². The lowest BCUT2D eigenvalue weighted by molar-refractivity contribution is -0.120. The summed E-state index contributed by atoms with van der Waals surface area (Å²) < 4.78 is 19.2. The van der Waals surface area contributed by atoms with Crippen molar-refractivity contribution in [1.29, 1.82) is 0 Å². The summed E-state index contributed by atoms with van der Waals surface area (Å²) in [4.78, 5) is 16.5. The minimum atomic E-state index is -0.473. The molecule has 0 radical (unpaired) electrons. The molecule has 1 fully saturated rings. The third kappa shape index (κ3) is 3.27. The topological polar surface area (TPSA) is 77.2 Å². The number of pyridine rings is 1. The Morgan fingerprint density at radius 3 is 2.78 bits per heavy atom. The van der Waals surface area contributed by atoms with E-state index in [2.05, 4.69) is 10.3 Å². The fourth-order valence-corrected chi connectivity index (χ4v) is 3.03. The lowest BCUT2D eigenvalue weighted by atomic mass is 9.86. The van der Waals surface area contributed by atoms with E-state index in [0.29, 0.717) is 16.8 Å². The number of aromatic nitrogens is 1. The number of methoxy groups -OCH3 is 1. The minimum absolute atomic E-state index is 0.0477. The standard InChI is InChI=1S/C17H20FN3O2/c1-23-12-8-13-15(6-7-20-16(13)14(18)9-12)21-17(22)10-2-4-11(19)5-3-10/h6-11H,2-5,19H2,1H3,(H,20,21,22). The SMILES string of the molecule is COc1cc(F)c2nccc(NC(=O)C3CCC(N)CC3)c2c1. The number of rotatable bonds is 3. The molecule has 1 saturated carbocycles. The van der Waals surface area contributed by atoms with Crippen LogP contribution in [0.5, 0.6) is 5.75 Å². The van der Waals surface area contributed by atoms with Gasteiger partial charge in [0.15, 0.2) is 5.82 Å². The van der Waals surface area contributed by atoms with Gasteiger partial charge in [-0.2, -0.15) is 0 Å². The Morgan fingerprint density at radius 2 is 2.09 bits per heavy atom. The van der Waals surface area contributed by atoms with E-state index in [-0.39, 0.29) is 23.4 Å². The smallest absolute Gasteiger partial charge is 0.227 e. The third-order valence-corrected chi connectivity index (χ3v) is 4.41. The van der Waals surface area contributed by atoms with Crippen LogP contribution in [0.4, 0.5) is 10.1 Å². The number of benzene rings is 1. The molecule has 0 aliphatic heterocycles. The Hall–Kier alpha value is -2.21. The molecule has 3 N–H and O–H groups in total. The number of fused-ring (bicyclic) bond motifs is 1. The number of hydrogen-bond donors (Lipinski definition) is 2. The maximum atomic E-state index is 14.1. The molecule has 5 nitrogen and oxygen atoms in total. The largest absolute Gasteiger partial charge is 0.497 e. The van der Waals surface area contributed by atoms with E-state index in [1.54, 1.807) is 12.1 Å². The summed E-state index contributed by atoms with van der Waals surface area (Å²) >= 11 is 0. The Kier molecular flexibility index (Phi) is 4.43. The van der Waals surface area contributed by atoms with Crippen LogP contribution in [0, 0.1) is 11.7 Å². The summed E-state index contributed by atoms with van der Waals surface area (Å²) in [7, 11) is 1.47. The highest BCUT2D eigenvalue weighted by Gasteiger charge is 2.25. The zero-order chi connectivity index (χ0) is 16.4. The molecular weight excluding hydrogens is 297 g/mol. The van der Waals surface area contributed by atoms with Crippen LogP contribution in [0.25, 0.3) is 10.9 Å². The van der Waals surface area contributed by atoms with Gasteiger partial charge in [0.25, 0.3) is 0 Å². The Labute approximate surface area is 134 Å². The molecule has 6 heteroatoms. The second-order valence-electron chi connectivity index (χ2n) is 5.96. The molecular formula is C17H20FN3O2. The first-order valence-corrected chi connectivity index (χ1v) is 7.77. The highest BCUT2D eigenvalue weighted by Crippen LogP contribution is 2.30. The molecule has 1 aromatic carbocycles. The molecule has 23 heavy (non-hydrogen) atoms. The van der Waals surface area contributed by atoms with Gasteiger partial charge in [0.1, 0.15) is 11.3 Å². The Balaban J connectivity index is 1.87. The monoisotopic (exact) mass is 317 g/mol. The van der Waals surface area contributed by atoms with Crippen LogP contribution in [-0.2, 0) is 4.79 Å². The van der Waals surface area contributed by atoms with Crippen LogP contribution >= 0.6 is 0 Å². The molecule has 122 valence electrons. The summed E-state index contributed by atoms with van der Waals surface area (Å²) in [5.74, 6) is -0.178. The molecule has 0 saturated heterocycles. The summed E-state index contributed by atoms with van der Waals surface area (Å²) in [6.45, 7) is 0. The van der Waals surface area contributed by atoms with Crippen molar-refractivity contribution in [3.8, 4) is 5.75 Å². The van der Waals surface area contributed by atoms with E-state index >= 15 is 0 Å². The molecule has 1 amide bonds. The van der Waals surface area contributed by atoms with Crippen LogP contribution in [0.15, 0.2) is 24.4 Å². The number of nitrogens with one attached hydrogen (secondary N) is 1. The molecule has 3 rings (SSSR count). The van der Waals surface area contributed by atoms with Gasteiger partial charge in [-0.25, -0.2) is 4.39 Å². The molecule has 1 aromatic heterocycles. The van der Waals surface area contributed by atoms with Gasteiger partial charge in [-0.05, 0) is 37.8 Å². The zero-order valence-electron chi connectivity index (χ0n) is 13.0. The normalized spacial score (nSPS) is 21.2. The quantitative estimate of drug-likeness (QED) is 0.912. The average Bonchev–Trinajstić information content (AvgIpc) is 2.56. The van der Waals surface area contributed by atoms with Gasteiger partial charge in [0.05, 0.1) is 12.8 Å². The van der Waals surface area contributed by atoms with Crippen molar-refractivity contribution in [3.05, 3.63) is 30.2 Å². The van der Waals surface area contributed by atoms with Crippen LogP contribution in [0.3, 0.4) is 0 Å². The Morgan fingerprint density at radius 1 is 1.35 bits per heavy atom. The second kappa shape index (κ2) is 6.50. The molecule has 2 aromatic rings. The Bertz CT molecular complexity index is 727. The number of anilines is 1. The van der Waals surface area contributed by atoms with Gasteiger partial charge >= 0.3 is 0 Å². The first-order chi connectivity index (χ1) is 11.1. The molecule has 1 heterocycles. The predicted molar refractivity (Wildman–Crippen MR) is 86.8 cm³/mol. The number of carbonyl (C=O) groups excluding carboxylic acids is 1. The van der Waals surface area contributed by atoms with Crippen molar-refractivity contribution in [2.24, 2.45) is 11.7 Å². The number of hydrogen-bond acceptors (Lipinski definition) is 4. The van der Waals surface area contributed by atoms with Gasteiger partial charge in [-0.15, -0.1) is 0 Å². The zero-order valence-corrected chi connectivity index (χ0v) is 13.0. The van der Waals surface area contributed by atoms with Gasteiger partial charge in [-0.1, -0.05) is 0 Å². The molecule has 1 aliphatic rings. The lowest BCUT2D eigenvalue weighted by Crippen LogP contribution is -2.32. The number of halogens is 1.